The molecule has 0 unspecified atom stereocenters. The summed E-state index contributed by atoms with van der Waals surface area (Å²) in [5.41, 5.74) is 2.90. The van der Waals surface area contributed by atoms with Crippen molar-refractivity contribution in [3.05, 3.63) is 47.0 Å². The number of carbonyl (C=O) groups is 1. The molecule has 0 saturated heterocycles. The van der Waals surface area contributed by atoms with E-state index in [0.717, 1.165) is 5.56 Å². The molecule has 0 N–H and O–H groups in total. The molecule has 1 heterocycles. The Bertz CT molecular complexity index is 973. The summed E-state index contributed by atoms with van der Waals surface area (Å²) in [6.45, 7) is 7.43. The largest absolute Gasteiger partial charge is 0.443 e. The highest BCUT2D eigenvalue weighted by Crippen LogP contribution is 2.30. The van der Waals surface area contributed by atoms with Crippen LogP contribution in [0.15, 0.2) is 36.4 Å². The topological polar surface area (TPSA) is 44.1 Å². The van der Waals surface area contributed by atoms with Crippen LogP contribution in [0.5, 0.6) is 0 Å². The first-order valence-corrected chi connectivity index (χ1v) is 8.31. The van der Waals surface area contributed by atoms with Crippen molar-refractivity contribution >= 4 is 42.0 Å². The Morgan fingerprint density at radius 1 is 1.20 bits per heavy atom. The van der Waals surface area contributed by atoms with Crippen LogP contribution in [0.25, 0.3) is 22.4 Å². The number of carbonyl (C=O) groups excluding carboxylic acids is 1. The number of benzene rings is 2. The molecule has 3 aromatic rings. The summed E-state index contributed by atoms with van der Waals surface area (Å²) in [4.78, 5) is 17.5. The summed E-state index contributed by atoms with van der Waals surface area (Å²) in [6.07, 6.45) is -0.507. The van der Waals surface area contributed by atoms with Crippen molar-refractivity contribution in [2.24, 2.45) is 0 Å². The molecule has 0 aliphatic heterocycles. The molecule has 4 nitrogen and oxygen atoms in total. The Hall–Kier alpha value is -2.27. The van der Waals surface area contributed by atoms with Gasteiger partial charge in [-0.25, -0.2) is 14.3 Å². The molecule has 25 heavy (non-hydrogen) atoms. The standard InChI is InChI=1S/C19H18BClN2O2/c1-11-5-8-16-15(9-11)22-17(13-10-12(20)6-7-14(13)21)23(16)18(24)25-19(2,3)4/h5-10H,1-4H3. The Labute approximate surface area is 153 Å². The van der Waals surface area contributed by atoms with Crippen LogP contribution in [0.3, 0.4) is 0 Å². The lowest BCUT2D eigenvalue weighted by Crippen LogP contribution is -2.27. The molecule has 6 heteroatoms. The quantitative estimate of drug-likeness (QED) is 0.615. The molecule has 0 atom stereocenters. The number of fused-ring (bicyclic) bond motifs is 1. The van der Waals surface area contributed by atoms with Gasteiger partial charge in [-0.15, -0.1) is 0 Å². The third kappa shape index (κ3) is 3.56. The number of rotatable bonds is 1. The predicted molar refractivity (Wildman–Crippen MR) is 102 cm³/mol. The highest BCUT2D eigenvalue weighted by molar-refractivity contribution is 6.36. The Morgan fingerprint density at radius 3 is 2.60 bits per heavy atom. The van der Waals surface area contributed by atoms with Crippen molar-refractivity contribution in [2.45, 2.75) is 33.3 Å². The summed E-state index contributed by atoms with van der Waals surface area (Å²) in [6, 6.07) is 10.8. The van der Waals surface area contributed by atoms with Crippen LogP contribution in [-0.2, 0) is 4.74 Å². The molecule has 1 aromatic heterocycles. The summed E-state index contributed by atoms with van der Waals surface area (Å²) >= 11 is 6.34. The second-order valence-electron chi connectivity index (χ2n) is 6.98. The Kier molecular flexibility index (Phi) is 4.37. The predicted octanol–water partition coefficient (Wildman–Crippen LogP) is 4.24. The SMILES string of the molecule is [B]c1ccc(Cl)c(-c2nc3cc(C)ccc3n2C(=O)OC(C)(C)C)c1. The first-order chi connectivity index (χ1) is 11.7. The van der Waals surface area contributed by atoms with Gasteiger partial charge in [0, 0.05) is 5.56 Å². The fourth-order valence-corrected chi connectivity index (χ4v) is 2.78. The highest BCUT2D eigenvalue weighted by Gasteiger charge is 2.24. The molecule has 2 radical (unpaired) electrons. The van der Waals surface area contributed by atoms with E-state index in [1.54, 1.807) is 18.2 Å². The van der Waals surface area contributed by atoms with Gasteiger partial charge in [0.25, 0.3) is 0 Å². The van der Waals surface area contributed by atoms with Gasteiger partial charge in [-0.05, 0) is 51.5 Å². The fourth-order valence-electron chi connectivity index (χ4n) is 2.58. The van der Waals surface area contributed by atoms with Crippen LogP contribution in [-0.4, -0.2) is 29.1 Å². The number of ether oxygens (including phenoxy) is 1. The summed E-state index contributed by atoms with van der Waals surface area (Å²) < 4.78 is 7.01. The van der Waals surface area contributed by atoms with Gasteiger partial charge in [-0.2, -0.15) is 0 Å². The van der Waals surface area contributed by atoms with Gasteiger partial charge in [0.1, 0.15) is 13.4 Å². The zero-order valence-corrected chi connectivity index (χ0v) is 15.4. The Balaban J connectivity index is 2.29. The Morgan fingerprint density at radius 2 is 1.92 bits per heavy atom. The van der Waals surface area contributed by atoms with E-state index >= 15 is 0 Å². The van der Waals surface area contributed by atoms with Crippen molar-refractivity contribution in [1.82, 2.24) is 9.55 Å². The second-order valence-corrected chi connectivity index (χ2v) is 7.39. The lowest BCUT2D eigenvalue weighted by molar-refractivity contribution is 0.0546. The van der Waals surface area contributed by atoms with E-state index in [4.69, 9.17) is 24.2 Å². The van der Waals surface area contributed by atoms with E-state index in [0.29, 0.717) is 32.9 Å². The summed E-state index contributed by atoms with van der Waals surface area (Å²) in [5.74, 6) is 0.409. The molecule has 0 spiro atoms. The molecule has 126 valence electrons. The van der Waals surface area contributed by atoms with Gasteiger partial charge in [-0.3, -0.25) is 0 Å². The molecule has 0 aliphatic rings. The van der Waals surface area contributed by atoms with Crippen molar-refractivity contribution in [2.75, 3.05) is 0 Å². The number of aromatic nitrogens is 2. The van der Waals surface area contributed by atoms with Gasteiger partial charge in [-0.1, -0.05) is 35.3 Å². The number of aryl methyl sites for hydroxylation is 1. The minimum absolute atomic E-state index is 0.409. The van der Waals surface area contributed by atoms with Gasteiger partial charge < -0.3 is 4.74 Å². The summed E-state index contributed by atoms with van der Waals surface area (Å²) in [7, 11) is 5.90. The molecule has 0 fully saturated rings. The van der Waals surface area contributed by atoms with Gasteiger partial charge in [0.05, 0.1) is 16.1 Å². The molecule has 0 saturated carbocycles. The van der Waals surface area contributed by atoms with E-state index in [1.807, 2.05) is 45.9 Å². The normalized spacial score (nSPS) is 11.7. The maximum atomic E-state index is 12.8. The van der Waals surface area contributed by atoms with Crippen LogP contribution >= 0.6 is 11.6 Å². The van der Waals surface area contributed by atoms with Gasteiger partial charge >= 0.3 is 6.09 Å². The number of halogens is 1. The molecular weight excluding hydrogens is 334 g/mol. The molecule has 0 amide bonds. The average molecular weight is 353 g/mol. The van der Waals surface area contributed by atoms with E-state index in [1.165, 1.54) is 4.57 Å². The fraction of sp³-hybridized carbons (Fsp3) is 0.263. The number of hydrogen-bond acceptors (Lipinski definition) is 3. The van der Waals surface area contributed by atoms with Crippen molar-refractivity contribution in [1.29, 1.82) is 0 Å². The zero-order chi connectivity index (χ0) is 18.4. The number of hydrogen-bond donors (Lipinski definition) is 0. The highest BCUT2D eigenvalue weighted by atomic mass is 35.5. The minimum atomic E-state index is -0.630. The van der Waals surface area contributed by atoms with Gasteiger partial charge in [0.2, 0.25) is 0 Å². The monoisotopic (exact) mass is 352 g/mol. The minimum Gasteiger partial charge on any atom is -0.443 e. The molecule has 2 aromatic carbocycles. The molecule has 0 bridgehead atoms. The van der Waals surface area contributed by atoms with Crippen molar-refractivity contribution < 1.29 is 9.53 Å². The van der Waals surface area contributed by atoms with Crippen molar-refractivity contribution in [3.63, 3.8) is 0 Å². The van der Waals surface area contributed by atoms with E-state index in [2.05, 4.69) is 4.98 Å². The van der Waals surface area contributed by atoms with Crippen LogP contribution < -0.4 is 5.46 Å². The summed E-state index contributed by atoms with van der Waals surface area (Å²) in [5, 5.41) is 0.464. The van der Waals surface area contributed by atoms with Gasteiger partial charge in [0.15, 0.2) is 5.82 Å². The van der Waals surface area contributed by atoms with Crippen LogP contribution in [0, 0.1) is 6.92 Å². The number of nitrogens with zero attached hydrogens (tertiary/aromatic N) is 2. The average Bonchev–Trinajstić information content (AvgIpc) is 2.86. The smallest absolute Gasteiger partial charge is 0.420 e. The zero-order valence-electron chi connectivity index (χ0n) is 14.6. The van der Waals surface area contributed by atoms with Crippen LogP contribution in [0.1, 0.15) is 26.3 Å². The lowest BCUT2D eigenvalue weighted by Gasteiger charge is -2.20. The van der Waals surface area contributed by atoms with E-state index in [-0.39, 0.29) is 0 Å². The van der Waals surface area contributed by atoms with E-state index in [9.17, 15) is 4.79 Å². The number of imidazole rings is 1. The maximum Gasteiger partial charge on any atom is 0.420 e. The first kappa shape index (κ1) is 17.6. The van der Waals surface area contributed by atoms with Crippen molar-refractivity contribution in [3.8, 4) is 11.4 Å². The van der Waals surface area contributed by atoms with Crippen LogP contribution in [0.4, 0.5) is 4.79 Å². The molecule has 3 rings (SSSR count). The molecular formula is C19H18BClN2O2. The third-order valence-corrected chi connectivity index (χ3v) is 3.95. The van der Waals surface area contributed by atoms with E-state index < -0.39 is 11.7 Å². The maximum absolute atomic E-state index is 12.8. The lowest BCUT2D eigenvalue weighted by atomic mass is 9.94. The third-order valence-electron chi connectivity index (χ3n) is 3.62. The van der Waals surface area contributed by atoms with Crippen LogP contribution in [0.2, 0.25) is 5.02 Å². The second kappa shape index (κ2) is 6.23. The first-order valence-electron chi connectivity index (χ1n) is 7.93. The molecule has 0 aliphatic carbocycles.